The van der Waals surface area contributed by atoms with E-state index in [0.717, 1.165) is 37.0 Å². The van der Waals surface area contributed by atoms with Crippen LogP contribution in [-0.2, 0) is 11.3 Å². The zero-order valence-corrected chi connectivity index (χ0v) is 19.3. The van der Waals surface area contributed by atoms with Crippen molar-refractivity contribution in [1.29, 1.82) is 0 Å². The van der Waals surface area contributed by atoms with Crippen molar-refractivity contribution >= 4 is 29.2 Å². The first-order chi connectivity index (χ1) is 16.0. The lowest BCUT2D eigenvalue weighted by Crippen LogP contribution is -1.99. The Morgan fingerprint density at radius 1 is 1.21 bits per heavy atom. The van der Waals surface area contributed by atoms with E-state index in [1.54, 1.807) is 18.2 Å². The molecule has 170 valence electrons. The number of benzene rings is 1. The summed E-state index contributed by atoms with van der Waals surface area (Å²) in [5, 5.41) is 14.3. The number of halogens is 2. The van der Waals surface area contributed by atoms with Crippen molar-refractivity contribution in [1.82, 2.24) is 10.1 Å². The summed E-state index contributed by atoms with van der Waals surface area (Å²) in [6.07, 6.45) is 5.98. The van der Waals surface area contributed by atoms with Gasteiger partial charge in [0.1, 0.15) is 17.1 Å². The van der Waals surface area contributed by atoms with Gasteiger partial charge in [-0.2, -0.15) is 0 Å². The zero-order chi connectivity index (χ0) is 23.2. The molecule has 0 atom stereocenters. The molecule has 1 aromatic carbocycles. The number of rotatable bonds is 9. The minimum Gasteiger partial charge on any atom is -0.478 e. The van der Waals surface area contributed by atoms with E-state index in [4.69, 9.17) is 37.6 Å². The quantitative estimate of drug-likeness (QED) is 0.281. The van der Waals surface area contributed by atoms with E-state index >= 15 is 0 Å². The Labute approximate surface area is 201 Å². The molecule has 0 bridgehead atoms. The first-order valence-corrected chi connectivity index (χ1v) is 11.5. The number of hydrogen-bond donors (Lipinski definition) is 1. The maximum absolute atomic E-state index is 11.0. The number of carboxylic acids is 1. The second-order valence-corrected chi connectivity index (χ2v) is 8.61. The van der Waals surface area contributed by atoms with Gasteiger partial charge in [0.15, 0.2) is 0 Å². The molecule has 1 N–H and O–H groups in total. The van der Waals surface area contributed by atoms with E-state index < -0.39 is 5.97 Å². The number of carbonyl (C=O) groups is 1. The molecule has 0 spiro atoms. The van der Waals surface area contributed by atoms with E-state index in [1.165, 1.54) is 18.3 Å². The predicted octanol–water partition coefficient (Wildman–Crippen LogP) is 6.36. The Hall–Kier alpha value is -2.85. The zero-order valence-electron chi connectivity index (χ0n) is 17.8. The summed E-state index contributed by atoms with van der Waals surface area (Å²) in [4.78, 5) is 15.1. The van der Waals surface area contributed by atoms with Crippen molar-refractivity contribution in [2.75, 3.05) is 6.61 Å². The number of nitrogens with zero attached hydrogens (tertiary/aromatic N) is 2. The fraction of sp³-hybridized carbons (Fsp3) is 0.320. The minimum atomic E-state index is -0.991. The molecule has 2 aromatic heterocycles. The summed E-state index contributed by atoms with van der Waals surface area (Å²) >= 11 is 12.8. The van der Waals surface area contributed by atoms with E-state index in [2.05, 4.69) is 22.0 Å². The molecule has 0 saturated heterocycles. The van der Waals surface area contributed by atoms with E-state index in [1.807, 2.05) is 0 Å². The van der Waals surface area contributed by atoms with Gasteiger partial charge in [0.2, 0.25) is 0 Å². The molecule has 0 radical (unpaired) electrons. The third-order valence-electron chi connectivity index (χ3n) is 5.28. The van der Waals surface area contributed by atoms with Gasteiger partial charge in [0, 0.05) is 36.3 Å². The lowest BCUT2D eigenvalue weighted by Gasteiger charge is -2.08. The highest BCUT2D eigenvalue weighted by atomic mass is 35.5. The van der Waals surface area contributed by atoms with Crippen LogP contribution < -0.4 is 0 Å². The molecule has 1 aliphatic rings. The lowest BCUT2D eigenvalue weighted by atomic mass is 10.0. The summed E-state index contributed by atoms with van der Waals surface area (Å²) in [6, 6.07) is 8.28. The van der Waals surface area contributed by atoms with Crippen molar-refractivity contribution < 1.29 is 19.2 Å². The van der Waals surface area contributed by atoms with Crippen molar-refractivity contribution in [2.24, 2.45) is 0 Å². The molecular formula is C25H22Cl2N2O4. The van der Waals surface area contributed by atoms with Crippen LogP contribution in [0.5, 0.6) is 0 Å². The maximum Gasteiger partial charge on any atom is 0.335 e. The number of unbranched alkanes of at least 4 members (excludes halogenated alkanes) is 2. The Kier molecular flexibility index (Phi) is 7.66. The molecule has 33 heavy (non-hydrogen) atoms. The van der Waals surface area contributed by atoms with Crippen molar-refractivity contribution in [2.45, 2.75) is 44.6 Å². The second kappa shape index (κ2) is 10.8. The molecule has 2 heterocycles. The molecule has 8 heteroatoms. The molecule has 0 aliphatic heterocycles. The number of aromatic carboxylic acids is 1. The highest BCUT2D eigenvalue weighted by molar-refractivity contribution is 6.39. The van der Waals surface area contributed by atoms with Crippen molar-refractivity contribution in [3.8, 4) is 23.1 Å². The summed E-state index contributed by atoms with van der Waals surface area (Å²) in [6.45, 7) is 0.948. The van der Waals surface area contributed by atoms with Crippen molar-refractivity contribution in [3.63, 3.8) is 0 Å². The van der Waals surface area contributed by atoms with Gasteiger partial charge >= 0.3 is 5.97 Å². The van der Waals surface area contributed by atoms with Crippen LogP contribution in [0.2, 0.25) is 10.0 Å². The van der Waals surface area contributed by atoms with E-state index in [9.17, 15) is 4.79 Å². The van der Waals surface area contributed by atoms with Gasteiger partial charge in [0.25, 0.3) is 0 Å². The summed E-state index contributed by atoms with van der Waals surface area (Å²) in [5.74, 6) is 6.19. The number of hydrogen-bond acceptors (Lipinski definition) is 5. The lowest BCUT2D eigenvalue weighted by molar-refractivity contribution is 0.0696. The average Bonchev–Trinajstić information content (AvgIpc) is 3.56. The largest absolute Gasteiger partial charge is 0.478 e. The first-order valence-electron chi connectivity index (χ1n) is 10.7. The Balaban J connectivity index is 1.30. The Morgan fingerprint density at radius 2 is 2.00 bits per heavy atom. The first kappa shape index (κ1) is 23.3. The molecule has 1 aliphatic carbocycles. The molecule has 3 aromatic rings. The monoisotopic (exact) mass is 484 g/mol. The van der Waals surface area contributed by atoms with Crippen LogP contribution in [0.4, 0.5) is 0 Å². The van der Waals surface area contributed by atoms with Crippen LogP contribution in [0.25, 0.3) is 11.3 Å². The normalized spacial score (nSPS) is 12.9. The van der Waals surface area contributed by atoms with Gasteiger partial charge in [-0.05, 0) is 55.9 Å². The molecule has 6 nitrogen and oxygen atoms in total. The SMILES string of the molecule is O=C(O)c1ccnc(C#CCCCCOCc2c(-c3c(Cl)cccc3Cl)noc2C2CC2)c1. The molecule has 0 unspecified atom stereocenters. The minimum absolute atomic E-state index is 0.180. The third kappa shape index (κ3) is 5.94. The number of carboxylic acid groups (broad SMARTS) is 1. The Morgan fingerprint density at radius 3 is 2.73 bits per heavy atom. The van der Waals surface area contributed by atoms with Crippen LogP contribution in [-0.4, -0.2) is 27.8 Å². The van der Waals surface area contributed by atoms with Crippen LogP contribution >= 0.6 is 23.2 Å². The maximum atomic E-state index is 11.0. The average molecular weight is 485 g/mol. The number of ether oxygens (including phenoxy) is 1. The van der Waals surface area contributed by atoms with Gasteiger partial charge in [-0.3, -0.25) is 0 Å². The van der Waals surface area contributed by atoms with Gasteiger partial charge in [-0.25, -0.2) is 9.78 Å². The smallest absolute Gasteiger partial charge is 0.335 e. The standard InChI is InChI=1S/C25H22Cl2N2O4/c26-20-7-5-8-21(27)22(20)23-19(24(33-29-23)16-9-10-16)15-32-13-4-2-1-3-6-18-14-17(25(30)31)11-12-28-18/h5,7-8,11-12,14,16H,1-2,4,9-10,13,15H2,(H,30,31). The summed E-state index contributed by atoms with van der Waals surface area (Å²) in [5.41, 5.74) is 2.87. The van der Waals surface area contributed by atoms with E-state index in [-0.39, 0.29) is 5.56 Å². The number of pyridine rings is 1. The molecule has 1 fully saturated rings. The summed E-state index contributed by atoms with van der Waals surface area (Å²) in [7, 11) is 0. The van der Waals surface area contributed by atoms with Gasteiger partial charge in [-0.1, -0.05) is 40.3 Å². The van der Waals surface area contributed by atoms with Gasteiger partial charge in [0.05, 0.1) is 22.2 Å². The van der Waals surface area contributed by atoms with Crippen LogP contribution in [0.3, 0.4) is 0 Å². The molecule has 4 rings (SSSR count). The van der Waals surface area contributed by atoms with Crippen LogP contribution in [0, 0.1) is 11.8 Å². The Bertz CT molecular complexity index is 1190. The predicted molar refractivity (Wildman–Crippen MR) is 126 cm³/mol. The second-order valence-electron chi connectivity index (χ2n) is 7.79. The fourth-order valence-corrected chi connectivity index (χ4v) is 4.00. The fourth-order valence-electron chi connectivity index (χ4n) is 3.42. The molecule has 1 saturated carbocycles. The third-order valence-corrected chi connectivity index (χ3v) is 5.91. The van der Waals surface area contributed by atoms with Gasteiger partial charge < -0.3 is 14.4 Å². The highest BCUT2D eigenvalue weighted by Crippen LogP contribution is 2.46. The van der Waals surface area contributed by atoms with Gasteiger partial charge in [-0.15, -0.1) is 0 Å². The molecule has 0 amide bonds. The number of aromatic nitrogens is 2. The highest BCUT2D eigenvalue weighted by Gasteiger charge is 2.33. The van der Waals surface area contributed by atoms with Crippen LogP contribution in [0.1, 0.15) is 65.4 Å². The summed E-state index contributed by atoms with van der Waals surface area (Å²) < 4.78 is 11.6. The molecular weight excluding hydrogens is 463 g/mol. The van der Waals surface area contributed by atoms with E-state index in [0.29, 0.717) is 52.5 Å². The van der Waals surface area contributed by atoms with Crippen molar-refractivity contribution in [3.05, 3.63) is 69.2 Å². The topological polar surface area (TPSA) is 85.5 Å². The van der Waals surface area contributed by atoms with Crippen LogP contribution in [0.15, 0.2) is 41.1 Å².